The molecule has 0 unspecified atom stereocenters. The fourth-order valence-corrected chi connectivity index (χ4v) is 6.46. The van der Waals surface area contributed by atoms with Gasteiger partial charge in [0.15, 0.2) is 17.5 Å². The van der Waals surface area contributed by atoms with Gasteiger partial charge in [-0.15, -0.1) is 0 Å². The highest BCUT2D eigenvalue weighted by Gasteiger charge is 2.35. The third-order valence-electron chi connectivity index (χ3n) is 8.74. The molecule has 0 spiro atoms. The van der Waals surface area contributed by atoms with Gasteiger partial charge in [-0.05, 0) is 56.3 Å². The van der Waals surface area contributed by atoms with E-state index in [1.54, 1.807) is 0 Å². The van der Waals surface area contributed by atoms with Crippen LogP contribution in [0.4, 0.5) is 0 Å². The molecule has 1 aliphatic rings. The molecule has 43 heavy (non-hydrogen) atoms. The van der Waals surface area contributed by atoms with Gasteiger partial charge in [0.1, 0.15) is 0 Å². The zero-order valence-corrected chi connectivity index (χ0v) is 24.1. The summed E-state index contributed by atoms with van der Waals surface area (Å²) in [5.41, 5.74) is 10.7. The highest BCUT2D eigenvalue weighted by molar-refractivity contribution is 6.01. The van der Waals surface area contributed by atoms with Crippen LogP contribution < -0.4 is 0 Å². The van der Waals surface area contributed by atoms with Crippen LogP contribution in [0.2, 0.25) is 0 Å². The maximum Gasteiger partial charge on any atom is 0.164 e. The Morgan fingerprint density at radius 1 is 0.395 bits per heavy atom. The quantitative estimate of drug-likeness (QED) is 0.218. The van der Waals surface area contributed by atoms with Crippen LogP contribution in [0.1, 0.15) is 25.0 Å². The van der Waals surface area contributed by atoms with Crippen molar-refractivity contribution in [2.24, 2.45) is 0 Å². The van der Waals surface area contributed by atoms with E-state index < -0.39 is 0 Å². The van der Waals surface area contributed by atoms with E-state index in [0.717, 1.165) is 16.7 Å². The van der Waals surface area contributed by atoms with E-state index in [1.807, 2.05) is 60.7 Å². The Labute approximate surface area is 251 Å². The first-order valence-electron chi connectivity index (χ1n) is 14.7. The third-order valence-corrected chi connectivity index (χ3v) is 8.74. The monoisotopic (exact) mass is 551 g/mol. The minimum atomic E-state index is -0.0144. The summed E-state index contributed by atoms with van der Waals surface area (Å²) in [4.78, 5) is 14.6. The molecule has 1 aromatic heterocycles. The number of rotatable bonds is 4. The number of hydrogen-bond acceptors (Lipinski definition) is 3. The summed E-state index contributed by atoms with van der Waals surface area (Å²) in [5, 5.41) is 2.53. The average molecular weight is 552 g/mol. The molecule has 0 N–H and O–H groups in total. The number of aromatic nitrogens is 3. The summed E-state index contributed by atoms with van der Waals surface area (Å²) in [5.74, 6) is 1.99. The number of nitrogens with zero attached hydrogens (tertiary/aromatic N) is 3. The van der Waals surface area contributed by atoms with Crippen LogP contribution in [-0.2, 0) is 5.41 Å². The van der Waals surface area contributed by atoms with Gasteiger partial charge in [0.25, 0.3) is 0 Å². The maximum absolute atomic E-state index is 4.90. The van der Waals surface area contributed by atoms with Crippen molar-refractivity contribution >= 4 is 10.8 Å². The number of benzene rings is 6. The van der Waals surface area contributed by atoms with E-state index in [9.17, 15) is 0 Å². The van der Waals surface area contributed by atoms with Crippen molar-refractivity contribution in [3.8, 4) is 56.4 Å². The first kappa shape index (κ1) is 25.3. The maximum atomic E-state index is 4.90. The molecule has 0 fully saturated rings. The van der Waals surface area contributed by atoms with Crippen molar-refractivity contribution in [1.82, 2.24) is 15.0 Å². The first-order chi connectivity index (χ1) is 21.1. The van der Waals surface area contributed by atoms with Crippen molar-refractivity contribution in [2.45, 2.75) is 19.3 Å². The fraction of sp³-hybridized carbons (Fsp3) is 0.0750. The molecule has 204 valence electrons. The number of fused-ring (bicyclic) bond motifs is 4. The molecule has 8 rings (SSSR count). The molecule has 0 bridgehead atoms. The van der Waals surface area contributed by atoms with Crippen LogP contribution in [0.15, 0.2) is 140 Å². The smallest absolute Gasteiger partial charge is 0.164 e. The van der Waals surface area contributed by atoms with Crippen molar-refractivity contribution in [3.63, 3.8) is 0 Å². The van der Waals surface area contributed by atoms with Crippen molar-refractivity contribution in [3.05, 3.63) is 151 Å². The van der Waals surface area contributed by atoms with Crippen LogP contribution in [0.25, 0.3) is 67.2 Å². The van der Waals surface area contributed by atoms with E-state index in [1.165, 1.54) is 44.2 Å². The van der Waals surface area contributed by atoms with Crippen molar-refractivity contribution < 1.29 is 0 Å². The molecular weight excluding hydrogens is 522 g/mol. The third kappa shape index (κ3) is 4.24. The summed E-state index contributed by atoms with van der Waals surface area (Å²) < 4.78 is 0. The van der Waals surface area contributed by atoms with E-state index in [2.05, 4.69) is 92.7 Å². The van der Waals surface area contributed by atoms with Gasteiger partial charge in [0, 0.05) is 22.1 Å². The SMILES string of the molecule is CC1(C)c2ccccc2-c2cc3c(-c4ccc(-c5nc(-c6ccccc6)nc(-c6ccccc6)n5)cc4)cccc3cc21. The molecule has 0 aliphatic heterocycles. The van der Waals surface area contributed by atoms with Gasteiger partial charge in [-0.2, -0.15) is 0 Å². The Kier molecular flexibility index (Phi) is 5.80. The molecule has 3 heteroatoms. The van der Waals surface area contributed by atoms with E-state index in [-0.39, 0.29) is 5.41 Å². The molecule has 3 nitrogen and oxygen atoms in total. The lowest BCUT2D eigenvalue weighted by Gasteiger charge is -2.22. The first-order valence-corrected chi connectivity index (χ1v) is 14.7. The topological polar surface area (TPSA) is 38.7 Å². The summed E-state index contributed by atoms with van der Waals surface area (Å²) in [6.07, 6.45) is 0. The summed E-state index contributed by atoms with van der Waals surface area (Å²) in [7, 11) is 0. The van der Waals surface area contributed by atoms with Gasteiger partial charge in [0.05, 0.1) is 0 Å². The van der Waals surface area contributed by atoms with Crippen LogP contribution >= 0.6 is 0 Å². The van der Waals surface area contributed by atoms with Gasteiger partial charge in [-0.3, -0.25) is 0 Å². The minimum Gasteiger partial charge on any atom is -0.208 e. The van der Waals surface area contributed by atoms with Crippen LogP contribution in [0.3, 0.4) is 0 Å². The molecule has 1 aliphatic carbocycles. The lowest BCUT2D eigenvalue weighted by atomic mass is 9.81. The summed E-state index contributed by atoms with van der Waals surface area (Å²) >= 11 is 0. The Hall–Kier alpha value is -5.41. The second kappa shape index (κ2) is 9.85. The van der Waals surface area contributed by atoms with Crippen molar-refractivity contribution in [2.75, 3.05) is 0 Å². The standard InChI is InChI=1S/C40H29N3/c1-40(2)35-19-10-9-17-32(35)34-25-33-30(24-36(34)40)16-11-18-31(33)26-20-22-29(23-21-26)39-42-37(27-12-5-3-6-13-27)41-38(43-39)28-14-7-4-8-15-28/h3-25H,1-2H3. The van der Waals surface area contributed by atoms with Crippen LogP contribution in [0, 0.1) is 0 Å². The molecule has 7 aromatic rings. The van der Waals surface area contributed by atoms with Crippen LogP contribution in [-0.4, -0.2) is 15.0 Å². The Morgan fingerprint density at radius 3 is 1.53 bits per heavy atom. The van der Waals surface area contributed by atoms with Gasteiger partial charge in [-0.25, -0.2) is 15.0 Å². The molecule has 0 amide bonds. The highest BCUT2D eigenvalue weighted by Crippen LogP contribution is 2.50. The second-order valence-corrected chi connectivity index (χ2v) is 11.7. The van der Waals surface area contributed by atoms with E-state index >= 15 is 0 Å². The second-order valence-electron chi connectivity index (χ2n) is 11.7. The van der Waals surface area contributed by atoms with E-state index in [4.69, 9.17) is 15.0 Å². The highest BCUT2D eigenvalue weighted by atomic mass is 15.0. The predicted octanol–water partition coefficient (Wildman–Crippen LogP) is 10.00. The van der Waals surface area contributed by atoms with Crippen molar-refractivity contribution in [1.29, 1.82) is 0 Å². The molecule has 0 saturated carbocycles. The van der Waals surface area contributed by atoms with Crippen LogP contribution in [0.5, 0.6) is 0 Å². The molecule has 0 radical (unpaired) electrons. The Balaban J connectivity index is 1.23. The zero-order valence-electron chi connectivity index (χ0n) is 24.1. The minimum absolute atomic E-state index is 0.0144. The van der Waals surface area contributed by atoms with E-state index in [0.29, 0.717) is 17.5 Å². The molecule has 6 aromatic carbocycles. The number of hydrogen-bond donors (Lipinski definition) is 0. The Morgan fingerprint density at radius 2 is 0.907 bits per heavy atom. The van der Waals surface area contributed by atoms with Gasteiger partial charge in [0.2, 0.25) is 0 Å². The predicted molar refractivity (Wildman–Crippen MR) is 177 cm³/mol. The molecule has 0 saturated heterocycles. The van der Waals surface area contributed by atoms with Gasteiger partial charge in [-0.1, -0.05) is 141 Å². The molecular formula is C40H29N3. The zero-order chi connectivity index (χ0) is 29.0. The lowest BCUT2D eigenvalue weighted by molar-refractivity contribution is 0.661. The summed E-state index contributed by atoms with van der Waals surface area (Å²) in [6, 6.07) is 49.0. The normalized spacial score (nSPS) is 13.1. The molecule has 0 atom stereocenters. The van der Waals surface area contributed by atoms with Gasteiger partial charge >= 0.3 is 0 Å². The molecule has 1 heterocycles. The van der Waals surface area contributed by atoms with Gasteiger partial charge < -0.3 is 0 Å². The Bertz CT molecular complexity index is 2070. The largest absolute Gasteiger partial charge is 0.208 e. The fourth-order valence-electron chi connectivity index (χ4n) is 6.46. The average Bonchev–Trinajstić information content (AvgIpc) is 3.29. The summed E-state index contributed by atoms with van der Waals surface area (Å²) in [6.45, 7) is 4.67. The lowest BCUT2D eigenvalue weighted by Crippen LogP contribution is -2.14.